The molecule has 2 N–H and O–H groups in total. The van der Waals surface area contributed by atoms with Crippen molar-refractivity contribution in [2.24, 2.45) is 5.92 Å². The summed E-state index contributed by atoms with van der Waals surface area (Å²) in [6.07, 6.45) is 6.22. The number of hydrogen-bond donors (Lipinski definition) is 2. The first-order valence-corrected chi connectivity index (χ1v) is 6.72. The van der Waals surface area contributed by atoms with E-state index in [1.165, 1.54) is 25.7 Å². The van der Waals surface area contributed by atoms with Crippen LogP contribution < -0.4 is 5.32 Å². The van der Waals surface area contributed by atoms with E-state index in [0.29, 0.717) is 6.04 Å². The Hall–Kier alpha value is -0.120. The lowest BCUT2D eigenvalue weighted by Gasteiger charge is -2.37. The molecule has 2 rings (SSSR count). The quantitative estimate of drug-likeness (QED) is 0.759. The van der Waals surface area contributed by atoms with Crippen molar-refractivity contribution < 1.29 is 5.11 Å². The van der Waals surface area contributed by atoms with Gasteiger partial charge in [0.15, 0.2) is 0 Å². The van der Waals surface area contributed by atoms with E-state index in [0.717, 1.165) is 32.0 Å². The van der Waals surface area contributed by atoms with Crippen LogP contribution >= 0.6 is 0 Å². The molecule has 1 saturated heterocycles. The molecule has 16 heavy (non-hydrogen) atoms. The second-order valence-corrected chi connectivity index (χ2v) is 5.98. The van der Waals surface area contributed by atoms with Crippen LogP contribution in [0.15, 0.2) is 0 Å². The Morgan fingerprint density at radius 3 is 2.56 bits per heavy atom. The standard InChI is InChI=1S/C13H26N2O/c1-11-3-5-12(6-4-11)15(2)10-13(16)7-8-14-9-13/h11-12,14,16H,3-10H2,1-2H3. The van der Waals surface area contributed by atoms with Crippen LogP contribution in [0.1, 0.15) is 39.0 Å². The van der Waals surface area contributed by atoms with E-state index in [9.17, 15) is 5.11 Å². The molecule has 1 atom stereocenters. The number of likely N-dealkylation sites (N-methyl/N-ethyl adjacent to an activating group) is 1. The zero-order chi connectivity index (χ0) is 11.6. The maximum atomic E-state index is 10.3. The van der Waals surface area contributed by atoms with Gasteiger partial charge in [0, 0.05) is 19.1 Å². The molecule has 0 spiro atoms. The lowest BCUT2D eigenvalue weighted by molar-refractivity contribution is 0.00944. The highest BCUT2D eigenvalue weighted by molar-refractivity contribution is 4.91. The molecule has 2 fully saturated rings. The molecular formula is C13H26N2O. The molecule has 3 heteroatoms. The van der Waals surface area contributed by atoms with Crippen molar-refractivity contribution in [1.82, 2.24) is 10.2 Å². The van der Waals surface area contributed by atoms with E-state index >= 15 is 0 Å². The molecule has 1 aliphatic heterocycles. The average molecular weight is 226 g/mol. The van der Waals surface area contributed by atoms with Crippen LogP contribution in [0, 0.1) is 5.92 Å². The number of nitrogens with one attached hydrogen (secondary N) is 1. The smallest absolute Gasteiger partial charge is 0.0909 e. The summed E-state index contributed by atoms with van der Waals surface area (Å²) in [7, 11) is 2.18. The molecule has 0 radical (unpaired) electrons. The predicted molar refractivity (Wildman–Crippen MR) is 66.5 cm³/mol. The summed E-state index contributed by atoms with van der Waals surface area (Å²) in [6, 6.07) is 0.695. The van der Waals surface area contributed by atoms with Crippen molar-refractivity contribution in [3.05, 3.63) is 0 Å². The molecule has 2 aliphatic rings. The van der Waals surface area contributed by atoms with Gasteiger partial charge in [0.25, 0.3) is 0 Å². The Morgan fingerprint density at radius 2 is 2.00 bits per heavy atom. The van der Waals surface area contributed by atoms with Crippen molar-refractivity contribution in [1.29, 1.82) is 0 Å². The van der Waals surface area contributed by atoms with Gasteiger partial charge < -0.3 is 15.3 Å². The maximum Gasteiger partial charge on any atom is 0.0909 e. The van der Waals surface area contributed by atoms with Crippen molar-refractivity contribution in [2.45, 2.75) is 50.7 Å². The Kier molecular flexibility index (Phi) is 3.88. The molecule has 1 unspecified atom stereocenters. The molecule has 0 aromatic heterocycles. The van der Waals surface area contributed by atoms with E-state index in [-0.39, 0.29) is 0 Å². The number of hydrogen-bond acceptors (Lipinski definition) is 3. The zero-order valence-electron chi connectivity index (χ0n) is 10.7. The third kappa shape index (κ3) is 2.96. The van der Waals surface area contributed by atoms with Gasteiger partial charge in [0.1, 0.15) is 0 Å². The summed E-state index contributed by atoms with van der Waals surface area (Å²) in [4.78, 5) is 2.39. The average Bonchev–Trinajstić information content (AvgIpc) is 2.65. The van der Waals surface area contributed by atoms with E-state index in [2.05, 4.69) is 24.2 Å². The fourth-order valence-corrected chi connectivity index (χ4v) is 3.14. The van der Waals surface area contributed by atoms with Gasteiger partial charge in [-0.25, -0.2) is 0 Å². The Balaban J connectivity index is 1.81. The van der Waals surface area contributed by atoms with Gasteiger partial charge in [-0.2, -0.15) is 0 Å². The van der Waals surface area contributed by atoms with Crippen LogP contribution in [-0.4, -0.2) is 48.3 Å². The Bertz CT molecular complexity index is 218. The van der Waals surface area contributed by atoms with Crippen LogP contribution in [0.4, 0.5) is 0 Å². The first kappa shape index (κ1) is 12.3. The van der Waals surface area contributed by atoms with E-state index in [4.69, 9.17) is 0 Å². The summed E-state index contributed by atoms with van der Waals surface area (Å²) in [5.41, 5.74) is -0.474. The van der Waals surface area contributed by atoms with Crippen LogP contribution in [0.25, 0.3) is 0 Å². The molecule has 0 aromatic carbocycles. The van der Waals surface area contributed by atoms with Gasteiger partial charge in [0.2, 0.25) is 0 Å². The minimum atomic E-state index is -0.474. The van der Waals surface area contributed by atoms with E-state index in [1.807, 2.05) is 0 Å². The number of rotatable bonds is 3. The van der Waals surface area contributed by atoms with Crippen LogP contribution in [-0.2, 0) is 0 Å². The van der Waals surface area contributed by atoms with Crippen LogP contribution in [0.2, 0.25) is 0 Å². The van der Waals surface area contributed by atoms with Gasteiger partial charge in [-0.15, -0.1) is 0 Å². The molecular weight excluding hydrogens is 200 g/mol. The first-order chi connectivity index (χ1) is 7.59. The first-order valence-electron chi connectivity index (χ1n) is 6.72. The largest absolute Gasteiger partial charge is 0.387 e. The summed E-state index contributed by atoms with van der Waals surface area (Å²) in [5.74, 6) is 0.904. The zero-order valence-corrected chi connectivity index (χ0v) is 10.7. The predicted octanol–water partition coefficient (Wildman–Crippen LogP) is 1.22. The maximum absolute atomic E-state index is 10.3. The van der Waals surface area contributed by atoms with Gasteiger partial charge >= 0.3 is 0 Å². The molecule has 0 bridgehead atoms. The highest BCUT2D eigenvalue weighted by Gasteiger charge is 2.34. The normalized spacial score (nSPS) is 40.5. The second kappa shape index (κ2) is 5.03. The van der Waals surface area contributed by atoms with Crippen molar-refractivity contribution in [3.63, 3.8) is 0 Å². The Morgan fingerprint density at radius 1 is 1.31 bits per heavy atom. The lowest BCUT2D eigenvalue weighted by atomic mass is 9.86. The SMILES string of the molecule is CC1CCC(N(C)CC2(O)CCNC2)CC1. The number of aliphatic hydroxyl groups is 1. The molecule has 1 heterocycles. The van der Waals surface area contributed by atoms with Gasteiger partial charge in [-0.1, -0.05) is 6.92 Å². The molecule has 0 amide bonds. The fraction of sp³-hybridized carbons (Fsp3) is 1.00. The molecule has 0 aromatic rings. The fourth-order valence-electron chi connectivity index (χ4n) is 3.14. The minimum Gasteiger partial charge on any atom is -0.387 e. The highest BCUT2D eigenvalue weighted by atomic mass is 16.3. The Labute approximate surface area is 99.2 Å². The number of β-amino-alcohol motifs (C(OH)–C–C–N with tert-alkyl or cyclic N) is 1. The molecule has 94 valence electrons. The molecule has 1 saturated carbocycles. The summed E-state index contributed by atoms with van der Waals surface area (Å²) in [5, 5.41) is 13.6. The summed E-state index contributed by atoms with van der Waals surface area (Å²) >= 11 is 0. The van der Waals surface area contributed by atoms with Crippen LogP contribution in [0.5, 0.6) is 0 Å². The van der Waals surface area contributed by atoms with Crippen LogP contribution in [0.3, 0.4) is 0 Å². The summed E-state index contributed by atoms with van der Waals surface area (Å²) < 4.78 is 0. The molecule has 3 nitrogen and oxygen atoms in total. The van der Waals surface area contributed by atoms with Gasteiger partial charge in [-0.05, 0) is 51.6 Å². The topological polar surface area (TPSA) is 35.5 Å². The van der Waals surface area contributed by atoms with E-state index < -0.39 is 5.60 Å². The number of nitrogens with zero attached hydrogens (tertiary/aromatic N) is 1. The summed E-state index contributed by atoms with van der Waals surface area (Å²) in [6.45, 7) is 4.91. The van der Waals surface area contributed by atoms with Crippen molar-refractivity contribution in [2.75, 3.05) is 26.7 Å². The second-order valence-electron chi connectivity index (χ2n) is 5.98. The minimum absolute atomic E-state index is 0.474. The van der Waals surface area contributed by atoms with E-state index in [1.54, 1.807) is 0 Å². The lowest BCUT2D eigenvalue weighted by Crippen LogP contribution is -2.47. The molecule has 1 aliphatic carbocycles. The van der Waals surface area contributed by atoms with Crippen molar-refractivity contribution in [3.8, 4) is 0 Å². The third-order valence-corrected chi connectivity index (χ3v) is 4.37. The third-order valence-electron chi connectivity index (χ3n) is 4.37. The van der Waals surface area contributed by atoms with Gasteiger partial charge in [0.05, 0.1) is 5.60 Å². The highest BCUT2D eigenvalue weighted by Crippen LogP contribution is 2.27. The monoisotopic (exact) mass is 226 g/mol. The van der Waals surface area contributed by atoms with Crippen molar-refractivity contribution >= 4 is 0 Å². The van der Waals surface area contributed by atoms with Gasteiger partial charge in [-0.3, -0.25) is 0 Å².